The van der Waals surface area contributed by atoms with E-state index in [2.05, 4.69) is 45.8 Å². The van der Waals surface area contributed by atoms with Crippen molar-refractivity contribution >= 4 is 0 Å². The molecule has 1 atom stereocenters. The van der Waals surface area contributed by atoms with Crippen molar-refractivity contribution in [2.75, 3.05) is 26.2 Å². The second kappa shape index (κ2) is 7.47. The summed E-state index contributed by atoms with van der Waals surface area (Å²) in [6.45, 7) is 5.63. The molecule has 2 aromatic rings. The molecule has 1 N–H and O–H groups in total. The first-order valence-electron chi connectivity index (χ1n) is 8.98. The fourth-order valence-corrected chi connectivity index (χ4v) is 3.37. The van der Waals surface area contributed by atoms with Crippen LogP contribution in [-0.2, 0) is 17.8 Å². The Balaban J connectivity index is 1.21. The van der Waals surface area contributed by atoms with Crippen LogP contribution in [0.2, 0.25) is 0 Å². The van der Waals surface area contributed by atoms with E-state index in [1.165, 1.54) is 24.0 Å². The van der Waals surface area contributed by atoms with E-state index in [0.29, 0.717) is 6.10 Å². The Morgan fingerprint density at radius 1 is 1.17 bits per heavy atom. The van der Waals surface area contributed by atoms with E-state index in [4.69, 9.17) is 4.74 Å². The fraction of sp³-hybridized carbons (Fsp3) is 0.526. The Kier molecular flexibility index (Phi) is 4.92. The van der Waals surface area contributed by atoms with E-state index < -0.39 is 0 Å². The summed E-state index contributed by atoms with van der Waals surface area (Å²) in [6, 6.07) is 11.3. The van der Waals surface area contributed by atoms with Gasteiger partial charge in [0.1, 0.15) is 0 Å². The predicted octanol–water partition coefficient (Wildman–Crippen LogP) is 1.88. The summed E-state index contributed by atoms with van der Waals surface area (Å²) in [7, 11) is 0. The number of nitrogens with one attached hydrogen (secondary N) is 1. The predicted molar refractivity (Wildman–Crippen MR) is 93.8 cm³/mol. The Morgan fingerprint density at radius 2 is 2.04 bits per heavy atom. The van der Waals surface area contributed by atoms with Crippen molar-refractivity contribution in [2.24, 2.45) is 0 Å². The largest absolute Gasteiger partial charge is 0.374 e. The number of benzene rings is 1. The van der Waals surface area contributed by atoms with Crippen molar-refractivity contribution in [3.8, 4) is 0 Å². The molecule has 0 radical (unpaired) electrons. The smallest absolute Gasteiger partial charge is 0.0826 e. The molecule has 0 amide bonds. The average Bonchev–Trinajstić information content (AvgIpc) is 3.38. The Hall–Kier alpha value is -1.69. The van der Waals surface area contributed by atoms with Gasteiger partial charge in [-0.15, -0.1) is 0 Å². The van der Waals surface area contributed by atoms with Gasteiger partial charge in [-0.05, 0) is 18.4 Å². The summed E-state index contributed by atoms with van der Waals surface area (Å²) in [5.41, 5.74) is 2.50. The molecule has 5 heteroatoms. The third-order valence-corrected chi connectivity index (χ3v) is 4.81. The third-order valence-electron chi connectivity index (χ3n) is 4.81. The molecule has 128 valence electrons. The van der Waals surface area contributed by atoms with Gasteiger partial charge in [0, 0.05) is 44.0 Å². The van der Waals surface area contributed by atoms with Crippen molar-refractivity contribution < 1.29 is 4.74 Å². The van der Waals surface area contributed by atoms with E-state index in [0.717, 1.165) is 45.4 Å². The normalized spacial score (nSPS) is 21.9. The van der Waals surface area contributed by atoms with Crippen LogP contribution < -0.4 is 5.32 Å². The molecule has 2 fully saturated rings. The monoisotopic (exact) mass is 326 g/mol. The zero-order valence-corrected chi connectivity index (χ0v) is 14.1. The number of morpholine rings is 1. The molecular formula is C19H26N4O. The van der Waals surface area contributed by atoms with Gasteiger partial charge in [-0.3, -0.25) is 9.58 Å². The summed E-state index contributed by atoms with van der Waals surface area (Å²) in [4.78, 5) is 2.59. The van der Waals surface area contributed by atoms with E-state index in [1.54, 1.807) is 0 Å². The van der Waals surface area contributed by atoms with Gasteiger partial charge in [0.05, 0.1) is 25.5 Å². The Morgan fingerprint density at radius 3 is 2.88 bits per heavy atom. The first-order valence-corrected chi connectivity index (χ1v) is 8.98. The third kappa shape index (κ3) is 4.23. The molecule has 24 heavy (non-hydrogen) atoms. The molecule has 1 saturated heterocycles. The van der Waals surface area contributed by atoms with Gasteiger partial charge in [0.15, 0.2) is 0 Å². The van der Waals surface area contributed by atoms with Crippen molar-refractivity contribution in [1.29, 1.82) is 0 Å². The Labute approximate surface area is 143 Å². The molecule has 4 rings (SSSR count). The standard InChI is InChI=1S/C19H26N4O/c1-2-4-16(5-3-1)13-23-14-17(11-21-23)10-20-12-19-15-22(8-9-24-19)18-6-7-18/h1-5,11,14,18-20H,6-10,12-13,15H2. The van der Waals surface area contributed by atoms with Gasteiger partial charge in [0.2, 0.25) is 0 Å². The minimum Gasteiger partial charge on any atom is -0.374 e. The summed E-state index contributed by atoms with van der Waals surface area (Å²) in [5.74, 6) is 0. The maximum Gasteiger partial charge on any atom is 0.0826 e. The minimum absolute atomic E-state index is 0.318. The van der Waals surface area contributed by atoms with Gasteiger partial charge >= 0.3 is 0 Å². The molecule has 2 aliphatic rings. The van der Waals surface area contributed by atoms with Crippen LogP contribution in [0.1, 0.15) is 24.0 Å². The molecule has 5 nitrogen and oxygen atoms in total. The van der Waals surface area contributed by atoms with Crippen molar-refractivity contribution in [2.45, 2.75) is 38.1 Å². The number of hydrogen-bond donors (Lipinski definition) is 1. The van der Waals surface area contributed by atoms with Gasteiger partial charge in [-0.2, -0.15) is 5.10 Å². The summed E-state index contributed by atoms with van der Waals surface area (Å²) >= 11 is 0. The van der Waals surface area contributed by atoms with Gasteiger partial charge in [0.25, 0.3) is 0 Å². The molecule has 1 unspecified atom stereocenters. The first kappa shape index (κ1) is 15.8. The molecule has 1 aromatic carbocycles. The van der Waals surface area contributed by atoms with Crippen molar-refractivity contribution in [3.63, 3.8) is 0 Å². The minimum atomic E-state index is 0.318. The second-order valence-corrected chi connectivity index (χ2v) is 6.88. The quantitative estimate of drug-likeness (QED) is 0.844. The lowest BCUT2D eigenvalue weighted by Crippen LogP contribution is -2.47. The number of aromatic nitrogens is 2. The lowest BCUT2D eigenvalue weighted by molar-refractivity contribution is -0.0301. The molecule has 1 aliphatic carbocycles. The first-order chi connectivity index (χ1) is 11.9. The Bertz CT molecular complexity index is 638. The number of rotatable bonds is 7. The van der Waals surface area contributed by atoms with Crippen molar-refractivity contribution in [1.82, 2.24) is 20.0 Å². The summed E-state index contributed by atoms with van der Waals surface area (Å²) in [6.07, 6.45) is 7.15. The lowest BCUT2D eigenvalue weighted by atomic mass is 10.2. The molecule has 1 aliphatic heterocycles. The summed E-state index contributed by atoms with van der Waals surface area (Å²) < 4.78 is 7.88. The van der Waals surface area contributed by atoms with Crippen LogP contribution in [0.15, 0.2) is 42.7 Å². The highest BCUT2D eigenvalue weighted by atomic mass is 16.5. The molecule has 0 spiro atoms. The van der Waals surface area contributed by atoms with Gasteiger partial charge < -0.3 is 10.1 Å². The van der Waals surface area contributed by atoms with Crippen LogP contribution in [0.5, 0.6) is 0 Å². The summed E-state index contributed by atoms with van der Waals surface area (Å²) in [5, 5.41) is 7.98. The van der Waals surface area contributed by atoms with Gasteiger partial charge in [-0.25, -0.2) is 0 Å². The molecule has 1 aromatic heterocycles. The zero-order chi connectivity index (χ0) is 16.2. The van der Waals surface area contributed by atoms with Crippen molar-refractivity contribution in [3.05, 3.63) is 53.9 Å². The van der Waals surface area contributed by atoms with E-state index in [1.807, 2.05) is 16.9 Å². The maximum absolute atomic E-state index is 5.88. The molecule has 2 heterocycles. The highest BCUT2D eigenvalue weighted by molar-refractivity contribution is 5.15. The molecule has 1 saturated carbocycles. The van der Waals surface area contributed by atoms with Crippen LogP contribution in [0.3, 0.4) is 0 Å². The van der Waals surface area contributed by atoms with Crippen LogP contribution in [0.4, 0.5) is 0 Å². The zero-order valence-electron chi connectivity index (χ0n) is 14.1. The number of ether oxygens (including phenoxy) is 1. The van der Waals surface area contributed by atoms with Crippen LogP contribution in [-0.4, -0.2) is 53.1 Å². The molecule has 0 bridgehead atoms. The highest BCUT2D eigenvalue weighted by Crippen LogP contribution is 2.28. The number of nitrogens with zero attached hydrogens (tertiary/aromatic N) is 3. The van der Waals surface area contributed by atoms with Gasteiger partial charge in [-0.1, -0.05) is 30.3 Å². The average molecular weight is 326 g/mol. The van der Waals surface area contributed by atoms with Crippen LogP contribution in [0.25, 0.3) is 0 Å². The highest BCUT2D eigenvalue weighted by Gasteiger charge is 2.32. The second-order valence-electron chi connectivity index (χ2n) is 6.88. The topological polar surface area (TPSA) is 42.3 Å². The SMILES string of the molecule is c1ccc(Cn2cc(CNCC3CN(C4CC4)CCO3)cn2)cc1. The van der Waals surface area contributed by atoms with E-state index in [-0.39, 0.29) is 0 Å². The molecular weight excluding hydrogens is 300 g/mol. The number of hydrogen-bond acceptors (Lipinski definition) is 4. The lowest BCUT2D eigenvalue weighted by Gasteiger charge is -2.33. The van der Waals surface area contributed by atoms with E-state index in [9.17, 15) is 0 Å². The van der Waals surface area contributed by atoms with E-state index >= 15 is 0 Å². The maximum atomic E-state index is 5.88. The van der Waals surface area contributed by atoms with Crippen LogP contribution >= 0.6 is 0 Å². The fourth-order valence-electron chi connectivity index (χ4n) is 3.37. The van der Waals surface area contributed by atoms with Crippen LogP contribution in [0, 0.1) is 0 Å².